The summed E-state index contributed by atoms with van der Waals surface area (Å²) in [6, 6.07) is 0.777. The predicted molar refractivity (Wildman–Crippen MR) is 127 cm³/mol. The van der Waals surface area contributed by atoms with Crippen LogP contribution in [0.4, 0.5) is 0 Å². The molecule has 0 spiro atoms. The van der Waals surface area contributed by atoms with Crippen LogP contribution in [0.5, 0.6) is 0 Å². The van der Waals surface area contributed by atoms with Gasteiger partial charge in [-0.25, -0.2) is 0 Å². The summed E-state index contributed by atoms with van der Waals surface area (Å²) in [7, 11) is -2.83. The molecule has 2 saturated heterocycles. The number of hydrogen-bond acceptors (Lipinski definition) is 7. The summed E-state index contributed by atoms with van der Waals surface area (Å²) in [5.74, 6) is 0. The summed E-state index contributed by atoms with van der Waals surface area (Å²) in [6.07, 6.45) is 6.72. The highest BCUT2D eigenvalue weighted by molar-refractivity contribution is 6.60. The first kappa shape index (κ1) is 28.2. The van der Waals surface area contributed by atoms with Crippen molar-refractivity contribution in [3.63, 3.8) is 0 Å². The first-order valence-electron chi connectivity index (χ1n) is 12.9. The maximum Gasteiger partial charge on any atom is 0.501 e. The van der Waals surface area contributed by atoms with Gasteiger partial charge in [0.15, 0.2) is 0 Å². The Bertz CT molecular complexity index is 467. The van der Waals surface area contributed by atoms with Crippen molar-refractivity contribution in [3.05, 3.63) is 0 Å². The van der Waals surface area contributed by atoms with Gasteiger partial charge in [-0.05, 0) is 57.8 Å². The molecule has 0 radical (unpaired) electrons. The molecule has 3 unspecified atom stereocenters. The van der Waals surface area contributed by atoms with Crippen molar-refractivity contribution in [2.75, 3.05) is 52.9 Å². The third-order valence-electron chi connectivity index (χ3n) is 6.78. The van der Waals surface area contributed by atoms with E-state index in [0.29, 0.717) is 45.2 Å². The van der Waals surface area contributed by atoms with Gasteiger partial charge in [-0.15, -0.1) is 0 Å². The highest BCUT2D eigenvalue weighted by Crippen LogP contribution is 2.40. The normalized spacial score (nSPS) is 21.7. The Balaban J connectivity index is 2.00. The summed E-state index contributed by atoms with van der Waals surface area (Å²) in [4.78, 5) is 0. The standard InChI is InChI=1S/C24H48O7Si/c1-6-24(7-2,8-3)23(13-11-14-25-17-21-19-27-21)31-32(29-9-4,30-10-5)16-12-15-26-18-22-20-28-22/h21-23H,6-20H2,1-5H3. The summed E-state index contributed by atoms with van der Waals surface area (Å²) >= 11 is 0. The van der Waals surface area contributed by atoms with Crippen molar-refractivity contribution < 1.29 is 32.2 Å². The number of epoxide rings is 2. The van der Waals surface area contributed by atoms with E-state index in [4.69, 9.17) is 32.2 Å². The van der Waals surface area contributed by atoms with Crippen LogP contribution in [0.1, 0.15) is 73.1 Å². The molecule has 0 amide bonds. The summed E-state index contributed by atoms with van der Waals surface area (Å²) in [5.41, 5.74) is 0.117. The molecule has 3 atom stereocenters. The maximum absolute atomic E-state index is 6.97. The third-order valence-corrected chi connectivity index (χ3v) is 9.85. The molecule has 0 N–H and O–H groups in total. The molecule has 32 heavy (non-hydrogen) atoms. The lowest BCUT2D eigenvalue weighted by Crippen LogP contribution is -2.52. The molecule has 2 fully saturated rings. The largest absolute Gasteiger partial charge is 0.501 e. The van der Waals surface area contributed by atoms with Gasteiger partial charge in [0.2, 0.25) is 0 Å². The molecule has 0 saturated carbocycles. The second-order valence-corrected chi connectivity index (χ2v) is 11.6. The van der Waals surface area contributed by atoms with Crippen LogP contribution in [0.2, 0.25) is 6.04 Å². The van der Waals surface area contributed by atoms with Crippen LogP contribution in [0.3, 0.4) is 0 Å². The fourth-order valence-electron chi connectivity index (χ4n) is 4.41. The van der Waals surface area contributed by atoms with Gasteiger partial charge < -0.3 is 32.2 Å². The van der Waals surface area contributed by atoms with E-state index in [9.17, 15) is 0 Å². The fourth-order valence-corrected chi connectivity index (χ4v) is 7.30. The van der Waals surface area contributed by atoms with Gasteiger partial charge in [0.25, 0.3) is 0 Å². The van der Waals surface area contributed by atoms with Gasteiger partial charge in [-0.2, -0.15) is 0 Å². The van der Waals surface area contributed by atoms with Crippen LogP contribution in [0.25, 0.3) is 0 Å². The maximum atomic E-state index is 6.97. The first-order chi connectivity index (χ1) is 15.6. The van der Waals surface area contributed by atoms with E-state index < -0.39 is 8.80 Å². The zero-order chi connectivity index (χ0) is 23.3. The number of hydrogen-bond donors (Lipinski definition) is 0. The van der Waals surface area contributed by atoms with Crippen LogP contribution in [-0.2, 0) is 32.2 Å². The Hall–Kier alpha value is -0.0631. The summed E-state index contributed by atoms with van der Waals surface area (Å²) in [6.45, 7) is 16.6. The van der Waals surface area contributed by atoms with E-state index in [1.54, 1.807) is 0 Å². The topological polar surface area (TPSA) is 71.2 Å². The highest BCUT2D eigenvalue weighted by atomic mass is 28.4. The van der Waals surface area contributed by atoms with Gasteiger partial charge >= 0.3 is 8.80 Å². The lowest BCUT2D eigenvalue weighted by atomic mass is 9.73. The molecule has 2 rings (SSSR count). The molecule has 190 valence electrons. The van der Waals surface area contributed by atoms with Crippen molar-refractivity contribution in [3.8, 4) is 0 Å². The SMILES string of the molecule is CCO[Si](CCCOCC1CO1)(OCC)OC(CCCOCC1CO1)C(CC)(CC)CC. The lowest BCUT2D eigenvalue weighted by Gasteiger charge is -2.43. The van der Waals surface area contributed by atoms with Crippen molar-refractivity contribution in [2.45, 2.75) is 97.5 Å². The zero-order valence-electron chi connectivity index (χ0n) is 21.2. The van der Waals surface area contributed by atoms with Crippen LogP contribution >= 0.6 is 0 Å². The molecule has 2 aliphatic heterocycles. The van der Waals surface area contributed by atoms with Crippen LogP contribution in [-0.4, -0.2) is 80.0 Å². The third kappa shape index (κ3) is 9.66. The smallest absolute Gasteiger partial charge is 0.379 e. The van der Waals surface area contributed by atoms with E-state index in [-0.39, 0.29) is 11.5 Å². The Labute approximate surface area is 197 Å². The monoisotopic (exact) mass is 476 g/mol. The van der Waals surface area contributed by atoms with E-state index in [2.05, 4.69) is 20.8 Å². The summed E-state index contributed by atoms with van der Waals surface area (Å²) in [5, 5.41) is 0. The molecule has 0 aromatic carbocycles. The molecular weight excluding hydrogens is 428 g/mol. The molecule has 2 aliphatic rings. The number of ether oxygens (including phenoxy) is 4. The Kier molecular flexibility index (Phi) is 13.2. The van der Waals surface area contributed by atoms with Crippen molar-refractivity contribution in [2.24, 2.45) is 5.41 Å². The van der Waals surface area contributed by atoms with Crippen molar-refractivity contribution >= 4 is 8.80 Å². The average molecular weight is 477 g/mol. The Morgan fingerprint density at radius 3 is 1.75 bits per heavy atom. The molecule has 7 nitrogen and oxygen atoms in total. The second-order valence-electron chi connectivity index (χ2n) is 8.88. The van der Waals surface area contributed by atoms with E-state index in [1.807, 2.05) is 13.8 Å². The van der Waals surface area contributed by atoms with E-state index in [0.717, 1.165) is 64.4 Å². The summed E-state index contributed by atoms with van der Waals surface area (Å²) < 4.78 is 41.6. The molecule has 2 heterocycles. The zero-order valence-corrected chi connectivity index (χ0v) is 22.2. The van der Waals surface area contributed by atoms with Crippen LogP contribution < -0.4 is 0 Å². The van der Waals surface area contributed by atoms with E-state index in [1.165, 1.54) is 0 Å². The predicted octanol–water partition coefficient (Wildman–Crippen LogP) is 4.60. The fraction of sp³-hybridized carbons (Fsp3) is 1.00. The first-order valence-corrected chi connectivity index (χ1v) is 14.8. The molecule has 8 heteroatoms. The van der Waals surface area contributed by atoms with Gasteiger partial charge in [-0.1, -0.05) is 20.8 Å². The van der Waals surface area contributed by atoms with E-state index >= 15 is 0 Å². The van der Waals surface area contributed by atoms with Crippen LogP contribution in [0, 0.1) is 5.41 Å². The van der Waals surface area contributed by atoms with Gasteiger partial charge in [-0.3, -0.25) is 0 Å². The molecule has 0 aromatic heterocycles. The molecular formula is C24H48O7Si. The molecule has 0 bridgehead atoms. The minimum Gasteiger partial charge on any atom is -0.379 e. The number of rotatable bonds is 22. The van der Waals surface area contributed by atoms with Crippen molar-refractivity contribution in [1.82, 2.24) is 0 Å². The average Bonchev–Trinajstić information content (AvgIpc) is 3.70. The van der Waals surface area contributed by atoms with Gasteiger partial charge in [0, 0.05) is 32.5 Å². The molecule has 0 aliphatic carbocycles. The minimum absolute atomic E-state index is 0.0915. The lowest BCUT2D eigenvalue weighted by molar-refractivity contribution is -0.0442. The van der Waals surface area contributed by atoms with Gasteiger partial charge in [0.1, 0.15) is 12.2 Å². The Morgan fingerprint density at radius 1 is 0.812 bits per heavy atom. The van der Waals surface area contributed by atoms with Crippen molar-refractivity contribution in [1.29, 1.82) is 0 Å². The Morgan fingerprint density at radius 2 is 1.31 bits per heavy atom. The second kappa shape index (κ2) is 15.0. The minimum atomic E-state index is -2.83. The highest BCUT2D eigenvalue weighted by Gasteiger charge is 2.47. The van der Waals surface area contributed by atoms with Crippen LogP contribution in [0.15, 0.2) is 0 Å². The van der Waals surface area contributed by atoms with Gasteiger partial charge in [0.05, 0.1) is 32.5 Å². The molecule has 0 aromatic rings. The quantitative estimate of drug-likeness (QED) is 0.128.